The smallest absolute Gasteiger partial charge is 0.136 e. The van der Waals surface area contributed by atoms with Gasteiger partial charge in [0.05, 0.1) is 11.3 Å². The maximum Gasteiger partial charge on any atom is 0.136 e. The van der Waals surface area contributed by atoms with Crippen molar-refractivity contribution in [2.24, 2.45) is 0 Å². The third-order valence-electron chi connectivity index (χ3n) is 2.22. The molecule has 0 radical (unpaired) electrons. The summed E-state index contributed by atoms with van der Waals surface area (Å²) in [6.07, 6.45) is 0. The van der Waals surface area contributed by atoms with Gasteiger partial charge >= 0.3 is 0 Å². The Morgan fingerprint density at radius 3 is 2.78 bits per heavy atom. The highest BCUT2D eigenvalue weighted by Gasteiger charge is 2.05. The van der Waals surface area contributed by atoms with Gasteiger partial charge in [-0.2, -0.15) is 5.26 Å². The molecule has 0 amide bonds. The molecule has 0 spiro atoms. The van der Waals surface area contributed by atoms with E-state index in [2.05, 4.69) is 37.3 Å². The zero-order valence-corrected chi connectivity index (χ0v) is 11.2. The number of benzene rings is 1. The zero-order chi connectivity index (χ0) is 13.1. The van der Waals surface area contributed by atoms with Gasteiger partial charge in [0.2, 0.25) is 0 Å². The number of nitrogens with one attached hydrogen (secondary N) is 1. The van der Waals surface area contributed by atoms with Crippen LogP contribution < -0.4 is 11.1 Å². The maximum atomic E-state index is 9.03. The van der Waals surface area contributed by atoms with Crippen molar-refractivity contribution in [3.05, 3.63) is 40.1 Å². The van der Waals surface area contributed by atoms with Crippen LogP contribution in [-0.2, 0) is 0 Å². The van der Waals surface area contributed by atoms with Crippen LogP contribution >= 0.6 is 15.9 Å². The highest BCUT2D eigenvalue weighted by Crippen LogP contribution is 2.24. The summed E-state index contributed by atoms with van der Waals surface area (Å²) in [6.45, 7) is 1.76. The molecular formula is C12H10BrN5. The average molecular weight is 304 g/mol. The van der Waals surface area contributed by atoms with Crippen molar-refractivity contribution in [2.45, 2.75) is 6.92 Å². The van der Waals surface area contributed by atoms with E-state index in [1.165, 1.54) is 0 Å². The number of hydrogen-bond donors (Lipinski definition) is 2. The van der Waals surface area contributed by atoms with E-state index in [4.69, 9.17) is 11.0 Å². The lowest BCUT2D eigenvalue weighted by atomic mass is 10.2. The number of aryl methyl sites for hydroxylation is 1. The molecule has 0 aliphatic carbocycles. The SMILES string of the molecule is Cc1nc(N)cc(Nc2cc(Br)ccc2C#N)n1. The minimum Gasteiger partial charge on any atom is -0.384 e. The Morgan fingerprint density at radius 2 is 2.11 bits per heavy atom. The fraction of sp³-hybridized carbons (Fsp3) is 0.0833. The minimum atomic E-state index is 0.388. The first-order valence-corrected chi connectivity index (χ1v) is 5.95. The second-order valence-corrected chi connectivity index (χ2v) is 4.57. The van der Waals surface area contributed by atoms with Gasteiger partial charge in [0.25, 0.3) is 0 Å². The Bertz CT molecular complexity index is 613. The lowest BCUT2D eigenvalue weighted by Crippen LogP contribution is -2.01. The molecule has 2 aromatic rings. The van der Waals surface area contributed by atoms with Gasteiger partial charge in [0.1, 0.15) is 23.5 Å². The van der Waals surface area contributed by atoms with Gasteiger partial charge in [-0.3, -0.25) is 0 Å². The number of hydrogen-bond acceptors (Lipinski definition) is 5. The van der Waals surface area contributed by atoms with Gasteiger partial charge < -0.3 is 11.1 Å². The van der Waals surface area contributed by atoms with Crippen LogP contribution in [0, 0.1) is 18.3 Å². The fourth-order valence-corrected chi connectivity index (χ4v) is 1.87. The van der Waals surface area contributed by atoms with Crippen molar-refractivity contribution in [1.29, 1.82) is 5.26 Å². The van der Waals surface area contributed by atoms with E-state index in [0.29, 0.717) is 28.7 Å². The summed E-state index contributed by atoms with van der Waals surface area (Å²) >= 11 is 3.36. The third-order valence-corrected chi connectivity index (χ3v) is 2.72. The third kappa shape index (κ3) is 2.76. The molecule has 0 aliphatic rings. The van der Waals surface area contributed by atoms with Crippen LogP contribution in [0.25, 0.3) is 0 Å². The number of aromatic nitrogens is 2. The Hall–Kier alpha value is -2.13. The summed E-state index contributed by atoms with van der Waals surface area (Å²) in [5.41, 5.74) is 6.85. The van der Waals surface area contributed by atoms with Crippen molar-refractivity contribution in [3.63, 3.8) is 0 Å². The molecule has 90 valence electrons. The Balaban J connectivity index is 2.39. The summed E-state index contributed by atoms with van der Waals surface area (Å²) in [4.78, 5) is 8.20. The molecule has 0 fully saturated rings. The van der Waals surface area contributed by atoms with Gasteiger partial charge in [-0.05, 0) is 25.1 Å². The highest BCUT2D eigenvalue weighted by atomic mass is 79.9. The lowest BCUT2D eigenvalue weighted by molar-refractivity contribution is 1.06. The van der Waals surface area contributed by atoms with Crippen LogP contribution in [0.1, 0.15) is 11.4 Å². The molecule has 1 aromatic carbocycles. The largest absolute Gasteiger partial charge is 0.384 e. The first-order chi connectivity index (χ1) is 8.58. The Labute approximate surface area is 113 Å². The van der Waals surface area contributed by atoms with Crippen LogP contribution in [-0.4, -0.2) is 9.97 Å². The van der Waals surface area contributed by atoms with Crippen molar-refractivity contribution in [3.8, 4) is 6.07 Å². The summed E-state index contributed by atoms with van der Waals surface area (Å²) in [6, 6.07) is 9.08. The van der Waals surface area contributed by atoms with Crippen molar-refractivity contribution >= 4 is 33.3 Å². The zero-order valence-electron chi connectivity index (χ0n) is 9.61. The predicted molar refractivity (Wildman–Crippen MR) is 73.3 cm³/mol. The van der Waals surface area contributed by atoms with Gasteiger partial charge in [0, 0.05) is 10.5 Å². The van der Waals surface area contributed by atoms with Crippen molar-refractivity contribution in [1.82, 2.24) is 9.97 Å². The quantitative estimate of drug-likeness (QED) is 0.890. The molecule has 0 bridgehead atoms. The summed E-state index contributed by atoms with van der Waals surface area (Å²) < 4.78 is 0.878. The molecule has 2 rings (SSSR count). The van der Waals surface area contributed by atoms with Gasteiger partial charge in [-0.15, -0.1) is 0 Å². The number of nitriles is 1. The number of halogens is 1. The topological polar surface area (TPSA) is 87.6 Å². The number of anilines is 3. The molecule has 6 heteroatoms. The first-order valence-electron chi connectivity index (χ1n) is 5.16. The van der Waals surface area contributed by atoms with Gasteiger partial charge in [0.15, 0.2) is 0 Å². The monoisotopic (exact) mass is 303 g/mol. The standard InChI is InChI=1S/C12H10BrN5/c1-7-16-11(15)5-12(17-7)18-10-4-9(13)3-2-8(10)6-14/h2-5H,1H3,(H3,15,16,17,18). The number of nitrogens with zero attached hydrogens (tertiary/aromatic N) is 3. The van der Waals surface area contributed by atoms with Crippen LogP contribution in [0.3, 0.4) is 0 Å². The number of nitrogens with two attached hydrogens (primary N) is 1. The molecule has 0 atom stereocenters. The van der Waals surface area contributed by atoms with Crippen LogP contribution in [0.5, 0.6) is 0 Å². The molecule has 1 heterocycles. The van der Waals surface area contributed by atoms with E-state index in [1.54, 1.807) is 19.1 Å². The lowest BCUT2D eigenvalue weighted by Gasteiger charge is -2.09. The first kappa shape index (κ1) is 12.3. The fourth-order valence-electron chi connectivity index (χ4n) is 1.51. The average Bonchev–Trinajstić information content (AvgIpc) is 2.27. The van der Waals surface area contributed by atoms with Crippen LogP contribution in [0.4, 0.5) is 17.3 Å². The van der Waals surface area contributed by atoms with Gasteiger partial charge in [-0.25, -0.2) is 9.97 Å². The molecule has 0 saturated heterocycles. The second kappa shape index (κ2) is 5.02. The Morgan fingerprint density at radius 1 is 1.33 bits per heavy atom. The molecule has 0 saturated carbocycles. The molecule has 0 aliphatic heterocycles. The van der Waals surface area contributed by atoms with E-state index in [9.17, 15) is 0 Å². The molecule has 1 aromatic heterocycles. The van der Waals surface area contributed by atoms with E-state index >= 15 is 0 Å². The summed E-state index contributed by atoms with van der Waals surface area (Å²) in [5.74, 6) is 1.53. The highest BCUT2D eigenvalue weighted by molar-refractivity contribution is 9.10. The van der Waals surface area contributed by atoms with Crippen LogP contribution in [0.15, 0.2) is 28.7 Å². The van der Waals surface area contributed by atoms with Crippen molar-refractivity contribution < 1.29 is 0 Å². The second-order valence-electron chi connectivity index (χ2n) is 3.65. The van der Waals surface area contributed by atoms with Crippen molar-refractivity contribution in [2.75, 3.05) is 11.1 Å². The van der Waals surface area contributed by atoms with E-state index < -0.39 is 0 Å². The summed E-state index contributed by atoms with van der Waals surface area (Å²) in [7, 11) is 0. The number of rotatable bonds is 2. The van der Waals surface area contributed by atoms with E-state index in [1.807, 2.05) is 12.1 Å². The molecule has 18 heavy (non-hydrogen) atoms. The molecule has 3 N–H and O–H groups in total. The molecular weight excluding hydrogens is 294 g/mol. The molecule has 0 unspecified atom stereocenters. The number of nitrogen functional groups attached to an aromatic ring is 1. The van der Waals surface area contributed by atoms with E-state index in [-0.39, 0.29) is 0 Å². The predicted octanol–water partition coefficient (Wildman–Crippen LogP) is 2.75. The van der Waals surface area contributed by atoms with E-state index in [0.717, 1.165) is 4.47 Å². The summed E-state index contributed by atoms with van der Waals surface area (Å²) in [5, 5.41) is 12.1. The minimum absolute atomic E-state index is 0.388. The molecule has 5 nitrogen and oxygen atoms in total. The van der Waals surface area contributed by atoms with Crippen LogP contribution in [0.2, 0.25) is 0 Å². The van der Waals surface area contributed by atoms with Gasteiger partial charge in [-0.1, -0.05) is 15.9 Å². The normalized spacial score (nSPS) is 9.83. The maximum absolute atomic E-state index is 9.03. The Kier molecular flexibility index (Phi) is 3.44.